The first-order valence-corrected chi connectivity index (χ1v) is 13.9. The number of nitrogens with zero attached hydrogens (tertiary/aromatic N) is 5. The summed E-state index contributed by atoms with van der Waals surface area (Å²) in [6.45, 7) is 3.19. The number of benzene rings is 3. The van der Waals surface area contributed by atoms with E-state index >= 15 is 0 Å². The monoisotopic (exact) mass is 549 g/mol. The number of likely N-dealkylation sites (N-methyl/N-ethyl adjacent to an activating group) is 1. The van der Waals surface area contributed by atoms with Gasteiger partial charge < -0.3 is 15.1 Å². The molecule has 1 atom stereocenters. The van der Waals surface area contributed by atoms with Crippen LogP contribution in [0, 0.1) is 0 Å². The number of hydrogen-bond donors (Lipinski definition) is 2. The number of piperidine rings is 1. The normalized spacial score (nSPS) is 17.5. The van der Waals surface area contributed by atoms with Crippen molar-refractivity contribution in [2.45, 2.75) is 32.0 Å². The Balaban J connectivity index is 1.19. The Hall–Kier alpha value is -4.99. The maximum atomic E-state index is 13.7. The van der Waals surface area contributed by atoms with Gasteiger partial charge in [0.2, 0.25) is 6.17 Å². The van der Waals surface area contributed by atoms with Gasteiger partial charge in [-0.1, -0.05) is 78.9 Å². The van der Waals surface area contributed by atoms with E-state index in [4.69, 9.17) is 4.99 Å². The molecule has 1 fully saturated rings. The Kier molecular flexibility index (Phi) is 7.20. The summed E-state index contributed by atoms with van der Waals surface area (Å²) in [6.07, 6.45) is 0.0526. The fourth-order valence-corrected chi connectivity index (χ4v) is 5.51. The first kappa shape index (κ1) is 26.2. The molecule has 10 heteroatoms. The SMILES string of the molecule is CCN1C(=O)[C@H](NC(=O)N2CCC(n3nc(-c4ccccc4)[nH]c3=O)CC2)N=C(c2ccccc2)c2ccccc21. The maximum Gasteiger partial charge on any atom is 0.343 e. The molecule has 41 heavy (non-hydrogen) atoms. The first-order valence-electron chi connectivity index (χ1n) is 13.9. The zero-order valence-corrected chi connectivity index (χ0v) is 22.7. The summed E-state index contributed by atoms with van der Waals surface area (Å²) in [5.41, 5.74) is 3.70. The van der Waals surface area contributed by atoms with Crippen LogP contribution in [0.4, 0.5) is 10.5 Å². The van der Waals surface area contributed by atoms with Crippen LogP contribution in [0.5, 0.6) is 0 Å². The highest BCUT2D eigenvalue weighted by molar-refractivity contribution is 6.20. The number of H-pyrrole nitrogens is 1. The second-order valence-corrected chi connectivity index (χ2v) is 10.1. The average Bonchev–Trinajstić information content (AvgIpc) is 3.37. The lowest BCUT2D eigenvalue weighted by Crippen LogP contribution is -2.53. The zero-order chi connectivity index (χ0) is 28.3. The van der Waals surface area contributed by atoms with Gasteiger partial charge in [-0.05, 0) is 25.8 Å². The van der Waals surface area contributed by atoms with Crippen LogP contribution in [0.25, 0.3) is 11.4 Å². The number of anilines is 1. The summed E-state index contributed by atoms with van der Waals surface area (Å²) in [6, 6.07) is 26.4. The topological polar surface area (TPSA) is 116 Å². The van der Waals surface area contributed by atoms with Crippen LogP contribution in [0.1, 0.15) is 36.9 Å². The number of rotatable bonds is 5. The third-order valence-corrected chi connectivity index (χ3v) is 7.62. The number of carbonyl (C=O) groups is 2. The largest absolute Gasteiger partial charge is 0.343 e. The minimum Gasteiger partial charge on any atom is -0.325 e. The molecule has 0 bridgehead atoms. The smallest absolute Gasteiger partial charge is 0.325 e. The Labute approximate surface area is 237 Å². The van der Waals surface area contributed by atoms with Crippen molar-refractivity contribution < 1.29 is 9.59 Å². The van der Waals surface area contributed by atoms with Crippen LogP contribution in [0.15, 0.2) is 94.7 Å². The second kappa shape index (κ2) is 11.2. The van der Waals surface area contributed by atoms with Crippen molar-refractivity contribution in [1.82, 2.24) is 25.0 Å². The summed E-state index contributed by atoms with van der Waals surface area (Å²) < 4.78 is 1.49. The molecule has 3 amide bonds. The summed E-state index contributed by atoms with van der Waals surface area (Å²) in [4.78, 5) is 50.7. The van der Waals surface area contributed by atoms with Gasteiger partial charge in [-0.25, -0.2) is 19.3 Å². The summed E-state index contributed by atoms with van der Waals surface area (Å²) in [5, 5.41) is 7.41. The molecule has 3 aromatic carbocycles. The predicted octanol–water partition coefficient (Wildman–Crippen LogP) is 3.82. The Morgan fingerprint density at radius 2 is 1.54 bits per heavy atom. The lowest BCUT2D eigenvalue weighted by molar-refractivity contribution is -0.120. The molecular formula is C31H31N7O3. The van der Waals surface area contributed by atoms with Crippen molar-refractivity contribution in [2.75, 3.05) is 24.5 Å². The number of amides is 3. The minimum atomic E-state index is -1.08. The molecular weight excluding hydrogens is 518 g/mol. The molecule has 0 unspecified atom stereocenters. The van der Waals surface area contributed by atoms with Gasteiger partial charge in [0.05, 0.1) is 17.4 Å². The molecule has 6 rings (SSSR count). The van der Waals surface area contributed by atoms with E-state index in [1.165, 1.54) is 4.68 Å². The van der Waals surface area contributed by atoms with Gasteiger partial charge in [-0.15, -0.1) is 5.10 Å². The molecule has 208 valence electrons. The Bertz CT molecular complexity index is 1640. The number of hydrogen-bond acceptors (Lipinski definition) is 5. The highest BCUT2D eigenvalue weighted by Gasteiger charge is 2.34. The van der Waals surface area contributed by atoms with Gasteiger partial charge >= 0.3 is 11.7 Å². The number of benzodiazepines with no additional fused rings is 1. The molecule has 10 nitrogen and oxygen atoms in total. The van der Waals surface area contributed by atoms with Crippen molar-refractivity contribution in [2.24, 2.45) is 4.99 Å². The Morgan fingerprint density at radius 1 is 0.902 bits per heavy atom. The van der Waals surface area contributed by atoms with Crippen LogP contribution in [0.3, 0.4) is 0 Å². The van der Waals surface area contributed by atoms with Gasteiger partial charge in [0.15, 0.2) is 5.82 Å². The fraction of sp³-hybridized carbons (Fsp3) is 0.258. The lowest BCUT2D eigenvalue weighted by atomic mass is 10.0. The molecule has 3 heterocycles. The Morgan fingerprint density at radius 3 is 2.22 bits per heavy atom. The zero-order valence-electron chi connectivity index (χ0n) is 22.7. The van der Waals surface area contributed by atoms with E-state index in [1.54, 1.807) is 9.80 Å². The van der Waals surface area contributed by atoms with Crippen molar-refractivity contribution in [3.05, 3.63) is 107 Å². The summed E-state index contributed by atoms with van der Waals surface area (Å²) >= 11 is 0. The number of aromatic amines is 1. The van der Waals surface area contributed by atoms with Gasteiger partial charge in [-0.3, -0.25) is 9.78 Å². The number of fused-ring (bicyclic) bond motifs is 1. The van der Waals surface area contributed by atoms with E-state index in [1.807, 2.05) is 91.9 Å². The van der Waals surface area contributed by atoms with E-state index in [0.29, 0.717) is 44.0 Å². The van der Waals surface area contributed by atoms with Crippen molar-refractivity contribution in [1.29, 1.82) is 0 Å². The van der Waals surface area contributed by atoms with Crippen LogP contribution >= 0.6 is 0 Å². The van der Waals surface area contributed by atoms with Gasteiger partial charge in [0.1, 0.15) is 0 Å². The van der Waals surface area contributed by atoms with Crippen LogP contribution < -0.4 is 15.9 Å². The predicted molar refractivity (Wildman–Crippen MR) is 157 cm³/mol. The van der Waals surface area contributed by atoms with E-state index in [0.717, 1.165) is 22.4 Å². The highest BCUT2D eigenvalue weighted by Crippen LogP contribution is 2.28. The standard InChI is InChI=1S/C31H31N7O3/c1-2-37-25-16-10-9-15-24(25)26(21-11-5-3-6-12-21)32-28(29(37)39)34-30(40)36-19-17-23(18-20-36)38-31(41)33-27(35-38)22-13-7-4-8-14-22/h3-16,23,28H,2,17-20H2,1H3,(H,34,40)(H,33,35,41)/t28-/m0/s1. The van der Waals surface area contributed by atoms with Crippen molar-refractivity contribution >= 4 is 23.3 Å². The number of likely N-dealkylation sites (tertiary alicyclic amines) is 1. The molecule has 4 aromatic rings. The molecule has 0 aliphatic carbocycles. The van der Waals surface area contributed by atoms with E-state index in [2.05, 4.69) is 15.4 Å². The lowest BCUT2D eigenvalue weighted by Gasteiger charge is -2.32. The first-order chi connectivity index (χ1) is 20.0. The van der Waals surface area contributed by atoms with Crippen LogP contribution in [0.2, 0.25) is 0 Å². The van der Waals surface area contributed by atoms with E-state index < -0.39 is 6.17 Å². The third kappa shape index (κ3) is 5.16. The molecule has 0 radical (unpaired) electrons. The number of aromatic nitrogens is 3. The van der Waals surface area contributed by atoms with Gasteiger partial charge in [0, 0.05) is 36.3 Å². The van der Waals surface area contributed by atoms with Crippen molar-refractivity contribution in [3.63, 3.8) is 0 Å². The second-order valence-electron chi connectivity index (χ2n) is 10.1. The maximum absolute atomic E-state index is 13.7. The number of para-hydroxylation sites is 1. The average molecular weight is 550 g/mol. The molecule has 2 aliphatic heterocycles. The van der Waals surface area contributed by atoms with Crippen molar-refractivity contribution in [3.8, 4) is 11.4 Å². The number of nitrogens with one attached hydrogen (secondary N) is 2. The number of carbonyl (C=O) groups excluding carboxylic acids is 2. The summed E-state index contributed by atoms with van der Waals surface area (Å²) in [7, 11) is 0. The molecule has 1 saturated heterocycles. The van der Waals surface area contributed by atoms with E-state index in [9.17, 15) is 14.4 Å². The number of aliphatic imine (C=N–C) groups is 1. The van der Waals surface area contributed by atoms with Crippen LogP contribution in [-0.2, 0) is 4.79 Å². The molecule has 2 aliphatic rings. The van der Waals surface area contributed by atoms with Gasteiger partial charge in [0.25, 0.3) is 5.91 Å². The van der Waals surface area contributed by atoms with Gasteiger partial charge in [-0.2, -0.15) is 0 Å². The third-order valence-electron chi connectivity index (χ3n) is 7.62. The molecule has 1 aromatic heterocycles. The highest BCUT2D eigenvalue weighted by atomic mass is 16.2. The molecule has 0 spiro atoms. The molecule has 2 N–H and O–H groups in total. The summed E-state index contributed by atoms with van der Waals surface area (Å²) in [5.74, 6) is 0.238. The van der Waals surface area contributed by atoms with E-state index in [-0.39, 0.29) is 23.7 Å². The quantitative estimate of drug-likeness (QED) is 0.394. The fourth-order valence-electron chi connectivity index (χ4n) is 5.51. The molecule has 0 saturated carbocycles. The van der Waals surface area contributed by atoms with Crippen LogP contribution in [-0.4, -0.2) is 63.1 Å². The number of urea groups is 1. The minimum absolute atomic E-state index is 0.132.